The first kappa shape index (κ1) is 13.1. The fourth-order valence-electron chi connectivity index (χ4n) is 2.72. The Kier molecular flexibility index (Phi) is 3.92. The predicted octanol–water partition coefficient (Wildman–Crippen LogP) is 2.36. The Morgan fingerprint density at radius 3 is 2.50 bits per heavy atom. The number of anilines is 1. The molecule has 104 valence electrons. The van der Waals surface area contributed by atoms with Crippen molar-refractivity contribution in [2.24, 2.45) is 0 Å². The zero-order valence-electron chi connectivity index (χ0n) is 11.8. The van der Waals surface area contributed by atoms with Gasteiger partial charge in [0.15, 0.2) is 0 Å². The molecule has 1 fully saturated rings. The normalized spacial score (nSPS) is 17.9. The van der Waals surface area contributed by atoms with Crippen LogP contribution in [0, 0.1) is 0 Å². The second-order valence-electron chi connectivity index (χ2n) is 5.16. The van der Waals surface area contributed by atoms with Crippen LogP contribution in [0.3, 0.4) is 0 Å². The number of aromatic nitrogens is 2. The van der Waals surface area contributed by atoms with Gasteiger partial charge in [0, 0.05) is 44.6 Å². The number of rotatable bonds is 3. The van der Waals surface area contributed by atoms with Crippen LogP contribution in [0.2, 0.25) is 0 Å². The molecule has 1 aliphatic rings. The molecule has 3 heterocycles. The van der Waals surface area contributed by atoms with Gasteiger partial charge in [-0.1, -0.05) is 6.07 Å². The highest BCUT2D eigenvalue weighted by Gasteiger charge is 2.22. The summed E-state index contributed by atoms with van der Waals surface area (Å²) in [5, 5.41) is 0. The molecule has 1 atom stereocenters. The summed E-state index contributed by atoms with van der Waals surface area (Å²) >= 11 is 0. The Morgan fingerprint density at radius 2 is 1.85 bits per heavy atom. The molecule has 0 amide bonds. The lowest BCUT2D eigenvalue weighted by molar-refractivity contribution is 0.195. The van der Waals surface area contributed by atoms with Crippen LogP contribution in [0.4, 0.5) is 5.69 Å². The van der Waals surface area contributed by atoms with E-state index in [9.17, 15) is 0 Å². The zero-order valence-corrected chi connectivity index (χ0v) is 11.8. The van der Waals surface area contributed by atoms with Gasteiger partial charge in [-0.25, -0.2) is 0 Å². The molecule has 0 aromatic carbocycles. The average Bonchev–Trinajstić information content (AvgIpc) is 2.56. The highest BCUT2D eigenvalue weighted by atomic mass is 15.3. The largest absolute Gasteiger partial charge is 0.368 e. The Labute approximate surface area is 120 Å². The van der Waals surface area contributed by atoms with E-state index in [1.165, 1.54) is 5.69 Å². The molecule has 0 spiro atoms. The van der Waals surface area contributed by atoms with Crippen molar-refractivity contribution in [3.8, 4) is 0 Å². The molecule has 4 heteroatoms. The van der Waals surface area contributed by atoms with Gasteiger partial charge in [-0.3, -0.25) is 14.9 Å². The standard InChI is InChI=1S/C16H20N4/c1-14(16-6-2-3-8-18-16)19-9-11-20(12-10-19)15-5-4-7-17-13-15/h2-8,13-14H,9-12H2,1H3. The van der Waals surface area contributed by atoms with E-state index in [0.29, 0.717) is 6.04 Å². The van der Waals surface area contributed by atoms with Crippen molar-refractivity contribution in [1.29, 1.82) is 0 Å². The smallest absolute Gasteiger partial charge is 0.0572 e. The Hall–Kier alpha value is -1.94. The molecule has 20 heavy (non-hydrogen) atoms. The lowest BCUT2D eigenvalue weighted by atomic mass is 10.1. The number of nitrogens with zero attached hydrogens (tertiary/aromatic N) is 4. The van der Waals surface area contributed by atoms with Crippen molar-refractivity contribution in [2.45, 2.75) is 13.0 Å². The molecule has 0 aliphatic carbocycles. The van der Waals surface area contributed by atoms with Crippen LogP contribution in [0.25, 0.3) is 0 Å². The molecular formula is C16H20N4. The molecule has 0 N–H and O–H groups in total. The predicted molar refractivity (Wildman–Crippen MR) is 80.7 cm³/mol. The van der Waals surface area contributed by atoms with Gasteiger partial charge in [-0.15, -0.1) is 0 Å². The van der Waals surface area contributed by atoms with Gasteiger partial charge < -0.3 is 4.90 Å². The van der Waals surface area contributed by atoms with E-state index in [4.69, 9.17) is 0 Å². The first-order valence-electron chi connectivity index (χ1n) is 7.14. The summed E-state index contributed by atoms with van der Waals surface area (Å²) in [7, 11) is 0. The van der Waals surface area contributed by atoms with E-state index < -0.39 is 0 Å². The lowest BCUT2D eigenvalue weighted by Gasteiger charge is -2.38. The van der Waals surface area contributed by atoms with Gasteiger partial charge in [0.1, 0.15) is 0 Å². The molecule has 1 unspecified atom stereocenters. The Morgan fingerprint density at radius 1 is 1.00 bits per heavy atom. The topological polar surface area (TPSA) is 32.3 Å². The van der Waals surface area contributed by atoms with Crippen molar-refractivity contribution >= 4 is 5.69 Å². The second kappa shape index (κ2) is 6.01. The van der Waals surface area contributed by atoms with Crippen molar-refractivity contribution < 1.29 is 0 Å². The third-order valence-electron chi connectivity index (χ3n) is 3.99. The van der Waals surface area contributed by atoms with Crippen LogP contribution in [0.15, 0.2) is 48.9 Å². The SMILES string of the molecule is CC(c1ccccn1)N1CCN(c2cccnc2)CC1. The molecule has 1 saturated heterocycles. The first-order chi connectivity index (χ1) is 9.84. The molecule has 0 saturated carbocycles. The van der Waals surface area contributed by atoms with Crippen LogP contribution in [-0.2, 0) is 0 Å². The minimum Gasteiger partial charge on any atom is -0.368 e. The summed E-state index contributed by atoms with van der Waals surface area (Å²) in [6.07, 6.45) is 5.64. The molecule has 0 radical (unpaired) electrons. The van der Waals surface area contributed by atoms with E-state index in [1.807, 2.05) is 30.7 Å². The van der Waals surface area contributed by atoms with Gasteiger partial charge in [-0.2, -0.15) is 0 Å². The van der Waals surface area contributed by atoms with Gasteiger partial charge in [-0.05, 0) is 31.2 Å². The molecule has 2 aromatic rings. The minimum absolute atomic E-state index is 0.382. The molecule has 4 nitrogen and oxygen atoms in total. The summed E-state index contributed by atoms with van der Waals surface area (Å²) in [5.74, 6) is 0. The summed E-state index contributed by atoms with van der Waals surface area (Å²) in [6.45, 7) is 6.45. The van der Waals surface area contributed by atoms with Crippen LogP contribution >= 0.6 is 0 Å². The molecule has 3 rings (SSSR count). The lowest BCUT2D eigenvalue weighted by Crippen LogP contribution is -2.47. The van der Waals surface area contributed by atoms with E-state index >= 15 is 0 Å². The van der Waals surface area contributed by atoms with E-state index in [2.05, 4.69) is 44.9 Å². The minimum atomic E-state index is 0.382. The first-order valence-corrected chi connectivity index (χ1v) is 7.14. The fourth-order valence-corrected chi connectivity index (χ4v) is 2.72. The van der Waals surface area contributed by atoms with E-state index in [-0.39, 0.29) is 0 Å². The van der Waals surface area contributed by atoms with Gasteiger partial charge in [0.25, 0.3) is 0 Å². The average molecular weight is 268 g/mol. The number of hydrogen-bond donors (Lipinski definition) is 0. The van der Waals surface area contributed by atoms with E-state index in [0.717, 1.165) is 31.9 Å². The second-order valence-corrected chi connectivity index (χ2v) is 5.16. The Bertz CT molecular complexity index is 521. The number of hydrogen-bond acceptors (Lipinski definition) is 4. The quantitative estimate of drug-likeness (QED) is 0.855. The van der Waals surface area contributed by atoms with Crippen LogP contribution < -0.4 is 4.90 Å². The van der Waals surface area contributed by atoms with E-state index in [1.54, 1.807) is 0 Å². The highest BCUT2D eigenvalue weighted by Crippen LogP contribution is 2.21. The third kappa shape index (κ3) is 2.80. The molecule has 2 aromatic heterocycles. The fraction of sp³-hybridized carbons (Fsp3) is 0.375. The van der Waals surface area contributed by atoms with Crippen molar-refractivity contribution in [3.63, 3.8) is 0 Å². The summed E-state index contributed by atoms with van der Waals surface area (Å²) in [6, 6.07) is 10.6. The molecular weight excluding hydrogens is 248 g/mol. The maximum atomic E-state index is 4.47. The summed E-state index contributed by atoms with van der Waals surface area (Å²) in [5.41, 5.74) is 2.37. The molecule has 0 bridgehead atoms. The van der Waals surface area contributed by atoms with Gasteiger partial charge >= 0.3 is 0 Å². The zero-order chi connectivity index (χ0) is 13.8. The van der Waals surface area contributed by atoms with Gasteiger partial charge in [0.2, 0.25) is 0 Å². The van der Waals surface area contributed by atoms with Crippen LogP contribution in [-0.4, -0.2) is 41.0 Å². The van der Waals surface area contributed by atoms with Crippen molar-refractivity contribution in [3.05, 3.63) is 54.6 Å². The Balaban J connectivity index is 1.61. The summed E-state index contributed by atoms with van der Waals surface area (Å²) in [4.78, 5) is 13.6. The van der Waals surface area contributed by atoms with Crippen molar-refractivity contribution in [2.75, 3.05) is 31.1 Å². The highest BCUT2D eigenvalue weighted by molar-refractivity contribution is 5.44. The number of piperazine rings is 1. The maximum Gasteiger partial charge on any atom is 0.0572 e. The number of pyridine rings is 2. The maximum absolute atomic E-state index is 4.47. The summed E-state index contributed by atoms with van der Waals surface area (Å²) < 4.78 is 0. The monoisotopic (exact) mass is 268 g/mol. The van der Waals surface area contributed by atoms with Crippen molar-refractivity contribution in [1.82, 2.24) is 14.9 Å². The van der Waals surface area contributed by atoms with Crippen LogP contribution in [0.1, 0.15) is 18.7 Å². The van der Waals surface area contributed by atoms with Gasteiger partial charge in [0.05, 0.1) is 17.6 Å². The molecule has 1 aliphatic heterocycles. The van der Waals surface area contributed by atoms with Crippen LogP contribution in [0.5, 0.6) is 0 Å². The third-order valence-corrected chi connectivity index (χ3v) is 3.99.